The zero-order chi connectivity index (χ0) is 34.5. The summed E-state index contributed by atoms with van der Waals surface area (Å²) in [6.45, 7) is 6.32. The summed E-state index contributed by atoms with van der Waals surface area (Å²) < 4.78 is 0. The molecule has 0 atom stereocenters. The highest BCUT2D eigenvalue weighted by atomic mass is 14.8. The van der Waals surface area contributed by atoms with E-state index in [2.05, 4.69) is 147 Å². The fourth-order valence-corrected chi connectivity index (χ4v) is 6.95. The lowest BCUT2D eigenvalue weighted by atomic mass is 10.0. The van der Waals surface area contributed by atoms with Gasteiger partial charge in [0.25, 0.3) is 0 Å². The molecule has 6 heterocycles. The summed E-state index contributed by atoms with van der Waals surface area (Å²) in [6.07, 6.45) is 12.0. The van der Waals surface area contributed by atoms with E-state index in [0.717, 1.165) is 89.4 Å². The minimum Gasteiger partial charge on any atom is -0.657 e. The molecule has 0 aliphatic carbocycles. The molecule has 2 aliphatic rings. The van der Waals surface area contributed by atoms with E-state index in [1.807, 2.05) is 24.5 Å². The van der Waals surface area contributed by atoms with Gasteiger partial charge in [0, 0.05) is 12.4 Å². The maximum atomic E-state index is 5.35. The van der Waals surface area contributed by atoms with E-state index in [1.54, 1.807) is 0 Å². The van der Waals surface area contributed by atoms with Gasteiger partial charge in [0.1, 0.15) is 0 Å². The minimum absolute atomic E-state index is 0.835. The summed E-state index contributed by atoms with van der Waals surface area (Å²) in [6, 6.07) is 38.2. The second-order valence-corrected chi connectivity index (χ2v) is 13.2. The Morgan fingerprint density at radius 3 is 0.902 bits per heavy atom. The van der Waals surface area contributed by atoms with Crippen molar-refractivity contribution in [3.63, 3.8) is 0 Å². The predicted molar refractivity (Wildman–Crippen MR) is 211 cm³/mol. The Bertz CT molecular complexity index is 2630. The summed E-state index contributed by atoms with van der Waals surface area (Å²) >= 11 is 0. The molecule has 51 heavy (non-hydrogen) atoms. The lowest BCUT2D eigenvalue weighted by Crippen LogP contribution is -1.91. The third kappa shape index (κ3) is 5.59. The normalized spacial score (nSPS) is 12.1. The lowest BCUT2D eigenvalue weighted by Gasteiger charge is -2.14. The molecule has 8 bridgehead atoms. The fourth-order valence-electron chi connectivity index (χ4n) is 6.95. The van der Waals surface area contributed by atoms with Crippen LogP contribution in [-0.4, -0.2) is 15.0 Å². The number of aromatic nitrogens is 5. The highest BCUT2D eigenvalue weighted by Crippen LogP contribution is 2.38. The Morgan fingerprint density at radius 1 is 0.333 bits per heavy atom. The van der Waals surface area contributed by atoms with E-state index in [0.29, 0.717) is 0 Å². The Morgan fingerprint density at radius 2 is 0.608 bits per heavy atom. The van der Waals surface area contributed by atoms with Crippen molar-refractivity contribution in [1.29, 1.82) is 0 Å². The molecule has 244 valence electrons. The van der Waals surface area contributed by atoms with Crippen molar-refractivity contribution in [2.24, 2.45) is 0 Å². The van der Waals surface area contributed by atoms with E-state index in [1.165, 1.54) is 16.7 Å². The molecule has 4 aromatic heterocycles. The molecule has 0 saturated heterocycles. The molecule has 0 saturated carbocycles. The van der Waals surface area contributed by atoms with Crippen molar-refractivity contribution in [2.45, 2.75) is 20.8 Å². The zero-order valence-electron chi connectivity index (χ0n) is 28.6. The summed E-state index contributed by atoms with van der Waals surface area (Å²) in [5.74, 6) is 0. The Balaban J connectivity index is 1.47. The Kier molecular flexibility index (Phi) is 7.40. The smallest absolute Gasteiger partial charge is 0.0704 e. The number of aryl methyl sites for hydroxylation is 3. The molecule has 2 aliphatic heterocycles. The summed E-state index contributed by atoms with van der Waals surface area (Å²) in [5, 5.41) is 0. The van der Waals surface area contributed by atoms with Crippen LogP contribution in [0.25, 0.3) is 90.9 Å². The van der Waals surface area contributed by atoms with Gasteiger partial charge < -0.3 is 9.97 Å². The largest absolute Gasteiger partial charge is 0.657 e. The van der Waals surface area contributed by atoms with Gasteiger partial charge in [-0.3, -0.25) is 4.98 Å². The molecular formula is C46H33N5-2. The predicted octanol–water partition coefficient (Wildman–Crippen LogP) is 10.9. The standard InChI is InChI=1S/C46H33N5/c1-28-4-10-31(11-5-28)43-35-16-18-37(48-35)44(32-12-6-29(2)7-13-32)39-20-22-41(50-39)46(34-24-26-47-27-25-34)42-23-21-40(51-42)45(38-19-17-36(43)49-38)33-14-8-30(3)9-15-33/h4-27H,1-3H3/q-2. The molecule has 0 N–H and O–H groups in total. The average Bonchev–Trinajstić information content (AvgIpc) is 3.99. The van der Waals surface area contributed by atoms with Crippen LogP contribution in [0.5, 0.6) is 0 Å². The van der Waals surface area contributed by atoms with E-state index in [4.69, 9.17) is 19.9 Å². The van der Waals surface area contributed by atoms with Crippen LogP contribution >= 0.6 is 0 Å². The van der Waals surface area contributed by atoms with Gasteiger partial charge in [0.2, 0.25) is 0 Å². The summed E-state index contributed by atoms with van der Waals surface area (Å²) in [4.78, 5) is 25.7. The first kappa shape index (κ1) is 30.5. The fraction of sp³-hybridized carbons (Fsp3) is 0.0652. The Labute approximate surface area is 296 Å². The quantitative estimate of drug-likeness (QED) is 0.189. The molecule has 3 aromatic carbocycles. The number of benzene rings is 3. The van der Waals surface area contributed by atoms with Crippen LogP contribution in [0, 0.1) is 20.8 Å². The van der Waals surface area contributed by atoms with Crippen LogP contribution in [0.3, 0.4) is 0 Å². The second-order valence-electron chi connectivity index (χ2n) is 13.2. The topological polar surface area (TPSA) is 66.9 Å². The number of hydrogen-bond donors (Lipinski definition) is 0. The van der Waals surface area contributed by atoms with Gasteiger partial charge in [0.05, 0.1) is 22.8 Å². The van der Waals surface area contributed by atoms with Crippen LogP contribution in [0.2, 0.25) is 0 Å². The number of nitrogens with zero attached hydrogens (tertiary/aromatic N) is 5. The van der Waals surface area contributed by atoms with Gasteiger partial charge in [-0.2, -0.15) is 0 Å². The van der Waals surface area contributed by atoms with Crippen molar-refractivity contribution in [3.05, 3.63) is 161 Å². The van der Waals surface area contributed by atoms with Gasteiger partial charge >= 0.3 is 0 Å². The van der Waals surface area contributed by atoms with Gasteiger partial charge in [-0.05, 0) is 102 Å². The van der Waals surface area contributed by atoms with Crippen LogP contribution in [0.4, 0.5) is 0 Å². The van der Waals surface area contributed by atoms with E-state index in [9.17, 15) is 0 Å². The third-order valence-corrected chi connectivity index (χ3v) is 9.60. The van der Waals surface area contributed by atoms with E-state index in [-0.39, 0.29) is 0 Å². The molecular weight excluding hydrogens is 623 g/mol. The van der Waals surface area contributed by atoms with E-state index < -0.39 is 0 Å². The summed E-state index contributed by atoms with van der Waals surface area (Å²) in [7, 11) is 0. The van der Waals surface area contributed by atoms with E-state index >= 15 is 0 Å². The monoisotopic (exact) mass is 655 g/mol. The van der Waals surface area contributed by atoms with Gasteiger partial charge in [-0.1, -0.05) is 114 Å². The van der Waals surface area contributed by atoms with Gasteiger partial charge in [-0.15, -0.1) is 22.1 Å². The number of rotatable bonds is 4. The number of fused-ring (bicyclic) bond motifs is 8. The summed E-state index contributed by atoms with van der Waals surface area (Å²) in [5.41, 5.74) is 18.4. The average molecular weight is 656 g/mol. The van der Waals surface area contributed by atoms with Crippen LogP contribution in [0.1, 0.15) is 39.5 Å². The second kappa shape index (κ2) is 12.4. The number of hydrogen-bond acceptors (Lipinski definition) is 3. The van der Waals surface area contributed by atoms with Crippen molar-refractivity contribution in [2.75, 3.05) is 0 Å². The first-order valence-corrected chi connectivity index (χ1v) is 17.2. The van der Waals surface area contributed by atoms with Crippen molar-refractivity contribution in [1.82, 2.24) is 24.9 Å². The molecule has 7 aromatic rings. The molecule has 0 amide bonds. The van der Waals surface area contributed by atoms with Gasteiger partial charge in [0.15, 0.2) is 0 Å². The first-order valence-electron chi connectivity index (χ1n) is 17.2. The molecule has 0 unspecified atom stereocenters. The van der Waals surface area contributed by atoms with Crippen LogP contribution < -0.4 is 9.97 Å². The maximum Gasteiger partial charge on any atom is 0.0704 e. The number of pyridine rings is 1. The van der Waals surface area contributed by atoms with Crippen molar-refractivity contribution >= 4 is 46.4 Å². The SMILES string of the molecule is Cc1ccc(-c2c3nc(c(-c4ccc(C)cc4)c4ccc([n-]4)c(-c4ccc(C)cc4)c4nc(c(-c5ccncc5)c5ccc2[n-]5)C=C4)C=C3)cc1. The molecule has 9 rings (SSSR count). The highest BCUT2D eigenvalue weighted by molar-refractivity contribution is 5.99. The van der Waals surface area contributed by atoms with Crippen molar-refractivity contribution < 1.29 is 0 Å². The zero-order valence-corrected chi connectivity index (χ0v) is 28.6. The molecule has 0 fully saturated rings. The van der Waals surface area contributed by atoms with Crippen LogP contribution in [0.15, 0.2) is 122 Å². The lowest BCUT2D eigenvalue weighted by molar-refractivity contribution is 1.29. The van der Waals surface area contributed by atoms with Gasteiger partial charge in [-0.25, -0.2) is 9.97 Å². The Hall–Kier alpha value is -6.59. The maximum absolute atomic E-state index is 5.35. The molecule has 0 spiro atoms. The van der Waals surface area contributed by atoms with Crippen molar-refractivity contribution in [3.8, 4) is 44.5 Å². The first-order chi connectivity index (χ1) is 25.0. The molecule has 0 radical (unpaired) electrons. The molecule has 5 heteroatoms. The van der Waals surface area contributed by atoms with Crippen LogP contribution in [-0.2, 0) is 0 Å². The molecule has 5 nitrogen and oxygen atoms in total. The minimum atomic E-state index is 0.835. The highest BCUT2D eigenvalue weighted by Gasteiger charge is 2.15. The third-order valence-electron chi connectivity index (χ3n) is 9.60.